The van der Waals surface area contributed by atoms with E-state index in [9.17, 15) is 33.7 Å². The van der Waals surface area contributed by atoms with Gasteiger partial charge in [-0.15, -0.1) is 0 Å². The van der Waals surface area contributed by atoms with Gasteiger partial charge in [0.1, 0.15) is 12.0 Å². The van der Waals surface area contributed by atoms with Crippen LogP contribution in [-0.2, 0) is 16.0 Å². The fourth-order valence-electron chi connectivity index (χ4n) is 5.58. The zero-order chi connectivity index (χ0) is 28.8. The Morgan fingerprint density at radius 3 is 2.56 bits per heavy atom. The van der Waals surface area contributed by atoms with Gasteiger partial charge in [-0.3, -0.25) is 9.69 Å². The molecule has 0 spiro atoms. The first kappa shape index (κ1) is 30.8. The molecule has 0 saturated carbocycles. The number of likely N-dealkylation sites (tertiary alicyclic amines) is 2. The van der Waals surface area contributed by atoms with E-state index in [0.717, 1.165) is 5.56 Å². The number of carbonyl (C=O) groups excluding carboxylic acids is 2. The van der Waals surface area contributed by atoms with Crippen molar-refractivity contribution in [2.45, 2.75) is 76.4 Å². The molecule has 2 saturated heterocycles. The number of alkyl carbamates (subject to hydrolysis) is 1. The van der Waals surface area contributed by atoms with Gasteiger partial charge in [-0.25, -0.2) is 13.6 Å². The fourth-order valence-corrected chi connectivity index (χ4v) is 5.58. The molecule has 0 radical (unpaired) electrons. The number of halogens is 2. The summed E-state index contributed by atoms with van der Waals surface area (Å²) < 4.78 is 33.1. The number of nitriles is 1. The highest BCUT2D eigenvalue weighted by Crippen LogP contribution is 2.36. The molecule has 3 rings (SSSR count). The van der Waals surface area contributed by atoms with Crippen molar-refractivity contribution >= 4 is 19.1 Å². The van der Waals surface area contributed by atoms with Gasteiger partial charge in [0, 0.05) is 25.0 Å². The van der Waals surface area contributed by atoms with Crippen LogP contribution in [0, 0.1) is 23.2 Å². The maximum absolute atomic E-state index is 13.8. The summed E-state index contributed by atoms with van der Waals surface area (Å²) in [6, 6.07) is 11.2. The summed E-state index contributed by atoms with van der Waals surface area (Å²) in [4.78, 5) is 29.1. The van der Waals surface area contributed by atoms with Gasteiger partial charge in [0.05, 0.1) is 25.1 Å². The van der Waals surface area contributed by atoms with Crippen LogP contribution in [0.15, 0.2) is 30.3 Å². The monoisotopic (exact) mass is 548 g/mol. The van der Waals surface area contributed by atoms with E-state index in [1.807, 2.05) is 32.0 Å². The van der Waals surface area contributed by atoms with Gasteiger partial charge in [0.2, 0.25) is 5.91 Å². The smallest absolute Gasteiger partial charge is 0.444 e. The lowest BCUT2D eigenvalue weighted by Crippen LogP contribution is -2.51. The Hall–Kier alpha value is -2.75. The SMILES string of the molecule is CC(CC(C)(C)N1CCC(F)(F)C1)C(C#N)C(=O)N1CCC[C@H](OC(=O)N[C@@H](Cc2ccccc2)B(O)O)C1. The quantitative estimate of drug-likeness (QED) is 0.384. The number of hydrogen-bond acceptors (Lipinski definition) is 7. The van der Waals surface area contributed by atoms with Crippen LogP contribution in [0.2, 0.25) is 0 Å². The molecule has 1 aromatic carbocycles. The highest BCUT2D eigenvalue weighted by molar-refractivity contribution is 6.43. The van der Waals surface area contributed by atoms with Gasteiger partial charge >= 0.3 is 13.2 Å². The van der Waals surface area contributed by atoms with E-state index in [2.05, 4.69) is 11.4 Å². The van der Waals surface area contributed by atoms with Crippen LogP contribution in [-0.4, -0.2) is 88.7 Å². The Labute approximate surface area is 229 Å². The van der Waals surface area contributed by atoms with Crippen LogP contribution in [0.1, 0.15) is 52.0 Å². The number of nitrogens with zero attached hydrogens (tertiary/aromatic N) is 3. The molecule has 4 atom stereocenters. The lowest BCUT2D eigenvalue weighted by Gasteiger charge is -2.39. The van der Waals surface area contributed by atoms with Crippen LogP contribution in [0.4, 0.5) is 13.6 Å². The maximum atomic E-state index is 13.8. The second-order valence-corrected chi connectivity index (χ2v) is 11.4. The van der Waals surface area contributed by atoms with Crippen molar-refractivity contribution in [3.8, 4) is 6.07 Å². The number of hydrogen-bond donors (Lipinski definition) is 3. The molecule has 2 fully saturated rings. The number of carbonyl (C=O) groups is 2. The minimum absolute atomic E-state index is 0.115. The molecule has 0 bridgehead atoms. The molecular weight excluding hydrogens is 509 g/mol. The third kappa shape index (κ3) is 8.62. The first-order valence-electron chi connectivity index (χ1n) is 13.5. The van der Waals surface area contributed by atoms with Crippen molar-refractivity contribution in [3.05, 3.63) is 35.9 Å². The van der Waals surface area contributed by atoms with E-state index in [0.29, 0.717) is 25.8 Å². The molecule has 12 heteroatoms. The van der Waals surface area contributed by atoms with Crippen LogP contribution >= 0.6 is 0 Å². The van der Waals surface area contributed by atoms with Gasteiger partial charge in [-0.1, -0.05) is 37.3 Å². The zero-order valence-corrected chi connectivity index (χ0v) is 22.9. The maximum Gasteiger partial charge on any atom is 0.475 e. The minimum atomic E-state index is -2.73. The van der Waals surface area contributed by atoms with Gasteiger partial charge in [-0.05, 0) is 51.0 Å². The summed E-state index contributed by atoms with van der Waals surface area (Å²) in [7, 11) is -1.80. The summed E-state index contributed by atoms with van der Waals surface area (Å²) >= 11 is 0. The number of alkyl halides is 2. The summed E-state index contributed by atoms with van der Waals surface area (Å²) in [6.07, 6.45) is 0.0436. The Morgan fingerprint density at radius 2 is 1.97 bits per heavy atom. The second-order valence-electron chi connectivity index (χ2n) is 11.4. The van der Waals surface area contributed by atoms with Crippen LogP contribution in [0.3, 0.4) is 0 Å². The number of amides is 2. The molecular formula is C27H39BF2N4O5. The Morgan fingerprint density at radius 1 is 1.28 bits per heavy atom. The molecule has 2 unspecified atom stereocenters. The zero-order valence-electron chi connectivity index (χ0n) is 22.9. The van der Waals surface area contributed by atoms with Gasteiger partial charge in [0.25, 0.3) is 5.92 Å². The first-order valence-corrected chi connectivity index (χ1v) is 13.5. The largest absolute Gasteiger partial charge is 0.475 e. The van der Waals surface area contributed by atoms with Gasteiger partial charge in [-0.2, -0.15) is 5.26 Å². The topological polar surface area (TPSA) is 126 Å². The van der Waals surface area contributed by atoms with E-state index in [1.165, 1.54) is 4.90 Å². The molecule has 2 aliphatic heterocycles. The third-order valence-electron chi connectivity index (χ3n) is 7.75. The molecule has 2 aliphatic rings. The Balaban J connectivity index is 1.55. The number of rotatable bonds is 10. The van der Waals surface area contributed by atoms with Crippen molar-refractivity contribution in [1.29, 1.82) is 5.26 Å². The van der Waals surface area contributed by atoms with E-state index < -0.39 is 42.6 Å². The van der Waals surface area contributed by atoms with Gasteiger partial charge < -0.3 is 25.0 Å². The molecule has 9 nitrogen and oxygen atoms in total. The van der Waals surface area contributed by atoms with E-state index in [-0.39, 0.29) is 44.3 Å². The van der Waals surface area contributed by atoms with E-state index in [1.54, 1.807) is 24.0 Å². The Bertz CT molecular complexity index is 1020. The molecule has 1 aromatic rings. The fraction of sp³-hybridized carbons (Fsp3) is 0.667. The molecule has 214 valence electrons. The van der Waals surface area contributed by atoms with Crippen molar-refractivity contribution in [2.24, 2.45) is 11.8 Å². The van der Waals surface area contributed by atoms with Crippen molar-refractivity contribution in [3.63, 3.8) is 0 Å². The second kappa shape index (κ2) is 13.1. The van der Waals surface area contributed by atoms with Crippen molar-refractivity contribution in [1.82, 2.24) is 15.1 Å². The number of nitrogens with one attached hydrogen (secondary N) is 1. The van der Waals surface area contributed by atoms with Crippen LogP contribution in [0.25, 0.3) is 0 Å². The molecule has 0 aromatic heterocycles. The predicted molar refractivity (Wildman–Crippen MR) is 141 cm³/mol. The van der Waals surface area contributed by atoms with E-state index in [4.69, 9.17) is 4.74 Å². The summed E-state index contributed by atoms with van der Waals surface area (Å²) in [5, 5.41) is 31.8. The highest BCUT2D eigenvalue weighted by Gasteiger charge is 2.45. The molecule has 0 aliphatic carbocycles. The number of benzene rings is 1. The third-order valence-corrected chi connectivity index (χ3v) is 7.75. The molecule has 39 heavy (non-hydrogen) atoms. The number of ether oxygens (including phenoxy) is 1. The number of piperidine rings is 1. The molecule has 3 N–H and O–H groups in total. The standard InChI is InChI=1S/C27H39BF2N4O5/c1-19(15-26(2,3)34-13-11-27(29,30)18-34)22(16-31)24(35)33-12-7-10-21(17-33)39-25(36)32-23(28(37)38)14-20-8-5-4-6-9-20/h4-6,8-9,19,21-23,37-38H,7,10-15,17-18H2,1-3H3,(H,32,36)/t19?,21-,22?,23-/m0/s1. The average Bonchev–Trinajstić information content (AvgIpc) is 3.25. The molecule has 2 heterocycles. The minimum Gasteiger partial charge on any atom is -0.444 e. The van der Waals surface area contributed by atoms with Crippen molar-refractivity contribution < 1.29 is 33.2 Å². The van der Waals surface area contributed by atoms with E-state index >= 15 is 0 Å². The summed E-state index contributed by atoms with van der Waals surface area (Å²) in [6.45, 7) is 5.99. The summed E-state index contributed by atoms with van der Waals surface area (Å²) in [5.74, 6) is -5.41. The Kier molecular flexibility index (Phi) is 10.3. The summed E-state index contributed by atoms with van der Waals surface area (Å²) in [5.41, 5.74) is 0.206. The average molecular weight is 548 g/mol. The van der Waals surface area contributed by atoms with Crippen LogP contribution < -0.4 is 5.32 Å². The lowest BCUT2D eigenvalue weighted by molar-refractivity contribution is -0.138. The van der Waals surface area contributed by atoms with Crippen LogP contribution in [0.5, 0.6) is 0 Å². The first-order chi connectivity index (χ1) is 18.3. The van der Waals surface area contributed by atoms with Gasteiger partial charge in [0.15, 0.2) is 0 Å². The normalized spacial score (nSPS) is 21.9. The highest BCUT2D eigenvalue weighted by atomic mass is 19.3. The molecule has 2 amide bonds. The van der Waals surface area contributed by atoms with Crippen molar-refractivity contribution in [2.75, 3.05) is 26.2 Å². The lowest BCUT2D eigenvalue weighted by atomic mass is 9.76. The predicted octanol–water partition coefficient (Wildman–Crippen LogP) is 2.61.